The minimum Gasteiger partial charge on any atom is -0.357 e. The minimum atomic E-state index is -2.07. The van der Waals surface area contributed by atoms with Gasteiger partial charge in [0.2, 0.25) is 0 Å². The first-order valence-electron chi connectivity index (χ1n) is 16.0. The van der Waals surface area contributed by atoms with Gasteiger partial charge in [-0.05, 0) is 79.5 Å². The van der Waals surface area contributed by atoms with Gasteiger partial charge in [0.25, 0.3) is 5.60 Å². The molecule has 0 aromatic rings. The van der Waals surface area contributed by atoms with Crippen molar-refractivity contribution in [2.24, 2.45) is 0 Å². The van der Waals surface area contributed by atoms with Crippen molar-refractivity contribution in [3.05, 3.63) is 0 Å². The van der Waals surface area contributed by atoms with Gasteiger partial charge in [-0.2, -0.15) is 0 Å². The van der Waals surface area contributed by atoms with Gasteiger partial charge in [-0.3, -0.25) is 0 Å². The third kappa shape index (κ3) is 8.23. The first-order valence-corrected chi connectivity index (χ1v) is 22.7. The Hall–Kier alpha value is -1.15. The summed E-state index contributed by atoms with van der Waals surface area (Å²) in [7, 11) is -6.06. The summed E-state index contributed by atoms with van der Waals surface area (Å²) in [6.07, 6.45) is 0. The van der Waals surface area contributed by atoms with Crippen LogP contribution in [0, 0.1) is 46.2 Å². The zero-order valence-corrected chi connectivity index (χ0v) is 32.6. The van der Waals surface area contributed by atoms with Crippen LogP contribution in [0.5, 0.6) is 0 Å². The second-order valence-corrected chi connectivity index (χ2v) is 31.6. The Morgan fingerprint density at radius 2 is 0.575 bits per heavy atom. The maximum atomic E-state index is 12.1. The van der Waals surface area contributed by atoms with E-state index < -0.39 is 29.8 Å². The van der Waals surface area contributed by atoms with Gasteiger partial charge in [-0.15, -0.1) is 16.6 Å². The molecule has 0 aliphatic heterocycles. The minimum absolute atomic E-state index is 0.468. The fourth-order valence-electron chi connectivity index (χ4n) is 8.05. The first-order chi connectivity index (χ1) is 18.1. The van der Waals surface area contributed by atoms with Crippen molar-refractivity contribution >= 4 is 24.2 Å². The quantitative estimate of drug-likeness (QED) is 0.207. The molecule has 0 unspecified atom stereocenters. The molecule has 1 N–H and O–H groups in total. The van der Waals surface area contributed by atoms with Crippen LogP contribution in [0.2, 0.25) is 49.9 Å². The Morgan fingerprint density at radius 3 is 0.800 bits per heavy atom. The predicted octanol–water partition coefficient (Wildman–Crippen LogP) is 10.4. The number of hydrogen-bond acceptors (Lipinski definition) is 1. The third-order valence-corrected chi connectivity index (χ3v) is 29.0. The van der Waals surface area contributed by atoms with Crippen molar-refractivity contribution in [2.45, 2.75) is 180 Å². The normalized spacial score (nSPS) is 13.1. The summed E-state index contributed by atoms with van der Waals surface area (Å²) >= 11 is 0. The Bertz CT molecular complexity index is 945. The van der Waals surface area contributed by atoms with Gasteiger partial charge in [-0.25, -0.2) is 0 Å². The van der Waals surface area contributed by atoms with Crippen molar-refractivity contribution in [2.75, 3.05) is 0 Å². The van der Waals surface area contributed by atoms with Gasteiger partial charge in [0.05, 0.1) is 0 Å². The Labute approximate surface area is 254 Å². The van der Waals surface area contributed by atoms with Crippen molar-refractivity contribution < 1.29 is 5.11 Å². The summed E-state index contributed by atoms with van der Waals surface area (Å²) < 4.78 is 0. The molecule has 0 saturated heterocycles. The van der Waals surface area contributed by atoms with Crippen molar-refractivity contribution in [3.8, 4) is 46.2 Å². The molecule has 0 radical (unpaired) electrons. The predicted molar refractivity (Wildman–Crippen MR) is 189 cm³/mol. The van der Waals surface area contributed by atoms with E-state index in [1.807, 2.05) is 0 Å². The molecule has 0 rings (SSSR count). The highest BCUT2D eigenvalue weighted by atomic mass is 28.3. The molecule has 40 heavy (non-hydrogen) atoms. The van der Waals surface area contributed by atoms with Crippen LogP contribution >= 0.6 is 0 Å². The first kappa shape index (κ1) is 38.9. The van der Waals surface area contributed by atoms with Crippen LogP contribution in [0.15, 0.2) is 0 Å². The smallest absolute Gasteiger partial charge is 0.251 e. The SMILES string of the molecule is CC(C)[Si](C#CC#CC(O)(C#C[Si](C(C)C)(C(C)C)C(C)C)C#C[Si](C(C)C)(C(C)C)C(C)C)(C(C)C)C(C)C. The maximum absolute atomic E-state index is 12.1. The zero-order valence-electron chi connectivity index (χ0n) is 29.6. The molecule has 0 fully saturated rings. The van der Waals surface area contributed by atoms with E-state index >= 15 is 0 Å². The van der Waals surface area contributed by atoms with E-state index in [1.165, 1.54) is 0 Å². The van der Waals surface area contributed by atoms with E-state index in [-0.39, 0.29) is 0 Å². The average Bonchev–Trinajstić information content (AvgIpc) is 2.77. The van der Waals surface area contributed by atoms with Crippen molar-refractivity contribution in [3.63, 3.8) is 0 Å². The van der Waals surface area contributed by atoms with Crippen LogP contribution < -0.4 is 0 Å². The van der Waals surface area contributed by atoms with Gasteiger partial charge in [0.1, 0.15) is 24.2 Å². The summed E-state index contributed by atoms with van der Waals surface area (Å²) in [5.41, 5.74) is 13.8. The molecule has 226 valence electrons. The highest BCUT2D eigenvalue weighted by Gasteiger charge is 2.44. The van der Waals surface area contributed by atoms with E-state index in [2.05, 4.69) is 171 Å². The van der Waals surface area contributed by atoms with Crippen LogP contribution in [0.3, 0.4) is 0 Å². The number of hydrogen-bond donors (Lipinski definition) is 1. The molecular formula is C36H64OSi3. The Kier molecular flexibility index (Phi) is 14.9. The molecule has 0 spiro atoms. The zero-order chi connectivity index (χ0) is 31.9. The van der Waals surface area contributed by atoms with E-state index in [0.717, 1.165) is 0 Å². The molecule has 4 heteroatoms. The molecule has 1 nitrogen and oxygen atoms in total. The molecule has 0 heterocycles. The fraction of sp³-hybridized carbons (Fsp3) is 0.778. The Morgan fingerprint density at radius 1 is 0.350 bits per heavy atom. The van der Waals surface area contributed by atoms with Crippen molar-refractivity contribution in [1.29, 1.82) is 0 Å². The second kappa shape index (κ2) is 15.4. The lowest BCUT2D eigenvalue weighted by Crippen LogP contribution is -2.44. The maximum Gasteiger partial charge on any atom is 0.251 e. The van der Waals surface area contributed by atoms with Crippen LogP contribution in [-0.2, 0) is 0 Å². The topological polar surface area (TPSA) is 20.2 Å². The lowest BCUT2D eigenvalue weighted by atomic mass is 10.1. The highest BCUT2D eigenvalue weighted by Crippen LogP contribution is 2.43. The summed E-state index contributed by atoms with van der Waals surface area (Å²) in [4.78, 5) is 0. The third-order valence-electron chi connectivity index (χ3n) is 10.1. The molecule has 0 atom stereocenters. The van der Waals surface area contributed by atoms with Gasteiger partial charge in [0.15, 0.2) is 0 Å². The lowest BCUT2D eigenvalue weighted by molar-refractivity contribution is 0.224. The molecule has 0 aliphatic rings. The van der Waals surface area contributed by atoms with E-state index in [1.54, 1.807) is 0 Å². The van der Waals surface area contributed by atoms with Crippen LogP contribution in [0.1, 0.15) is 125 Å². The van der Waals surface area contributed by atoms with Crippen LogP contribution in [-0.4, -0.2) is 34.9 Å². The average molecular weight is 597 g/mol. The molecule has 0 aromatic carbocycles. The van der Waals surface area contributed by atoms with Crippen molar-refractivity contribution in [1.82, 2.24) is 0 Å². The molecule has 0 aromatic heterocycles. The summed E-state index contributed by atoms with van der Waals surface area (Å²) in [5, 5.41) is 12.1. The lowest BCUT2D eigenvalue weighted by Gasteiger charge is -2.38. The van der Waals surface area contributed by atoms with Crippen LogP contribution in [0.4, 0.5) is 0 Å². The second-order valence-electron chi connectivity index (χ2n) is 14.9. The molecule has 0 aliphatic carbocycles. The monoisotopic (exact) mass is 596 g/mol. The van der Waals surface area contributed by atoms with Gasteiger partial charge in [-0.1, -0.05) is 125 Å². The van der Waals surface area contributed by atoms with Gasteiger partial charge >= 0.3 is 0 Å². The van der Waals surface area contributed by atoms with E-state index in [9.17, 15) is 5.11 Å². The highest BCUT2D eigenvalue weighted by molar-refractivity contribution is 6.91. The van der Waals surface area contributed by atoms with Gasteiger partial charge < -0.3 is 5.11 Å². The molecule has 0 bridgehead atoms. The molecular weight excluding hydrogens is 533 g/mol. The summed E-state index contributed by atoms with van der Waals surface area (Å²) in [6.45, 7) is 41.4. The summed E-state index contributed by atoms with van der Waals surface area (Å²) in [5.74, 6) is 16.1. The molecule has 0 saturated carbocycles. The largest absolute Gasteiger partial charge is 0.357 e. The van der Waals surface area contributed by atoms with Crippen LogP contribution in [0.25, 0.3) is 0 Å². The molecule has 0 amide bonds. The number of aliphatic hydroxyl groups is 1. The van der Waals surface area contributed by atoms with E-state index in [4.69, 9.17) is 0 Å². The fourth-order valence-corrected chi connectivity index (χ4v) is 23.7. The standard InChI is InChI=1S/C36H64OSi3/c1-27(2)38(28(3)4,29(5)6)24-20-19-21-36(37,22-25-39(30(7)8,31(9)10)32(11)12)23-26-40(33(13)14,34(15)16)35(17)18/h27-35,37H,1-18H3. The van der Waals surface area contributed by atoms with Gasteiger partial charge in [0, 0.05) is 0 Å². The Balaban J connectivity index is 7.51. The summed E-state index contributed by atoms with van der Waals surface area (Å²) in [6, 6.07) is 0. The number of rotatable bonds is 9. The van der Waals surface area contributed by atoms with E-state index in [0.29, 0.717) is 49.9 Å².